The summed E-state index contributed by atoms with van der Waals surface area (Å²) >= 11 is 0. The van der Waals surface area contributed by atoms with Crippen LogP contribution in [0.15, 0.2) is 36.4 Å². The van der Waals surface area contributed by atoms with Crippen LogP contribution in [0.25, 0.3) is 0 Å². The van der Waals surface area contributed by atoms with Crippen molar-refractivity contribution < 1.29 is 37.7 Å². The van der Waals surface area contributed by atoms with Gasteiger partial charge in [0.25, 0.3) is 5.91 Å². The maximum absolute atomic E-state index is 13.5. The molecule has 1 atom stereocenters. The molecule has 31 heavy (non-hydrogen) atoms. The Morgan fingerprint density at radius 3 is 2.71 bits per heavy atom. The Kier molecular flexibility index (Phi) is 7.60. The van der Waals surface area contributed by atoms with Crippen LogP contribution in [-0.2, 0) is 4.79 Å². The van der Waals surface area contributed by atoms with Gasteiger partial charge in [0.05, 0.1) is 5.56 Å². The van der Waals surface area contributed by atoms with Crippen LogP contribution < -0.4 is 24.8 Å². The van der Waals surface area contributed by atoms with Crippen LogP contribution in [0.2, 0.25) is 0 Å². The average molecular weight is 436 g/mol. The Morgan fingerprint density at radius 2 is 1.90 bits per heavy atom. The van der Waals surface area contributed by atoms with E-state index in [2.05, 4.69) is 10.6 Å². The fourth-order valence-corrected chi connectivity index (χ4v) is 2.76. The number of aliphatic hydroxyl groups excluding tert-OH is 1. The maximum Gasteiger partial charge on any atom is 0.254 e. The molecule has 1 aliphatic heterocycles. The molecule has 0 spiro atoms. The molecule has 3 rings (SSSR count). The van der Waals surface area contributed by atoms with Gasteiger partial charge in [-0.25, -0.2) is 8.78 Å². The van der Waals surface area contributed by atoms with Crippen LogP contribution in [0.4, 0.5) is 8.78 Å². The van der Waals surface area contributed by atoms with Crippen molar-refractivity contribution in [1.29, 1.82) is 0 Å². The molecule has 1 aliphatic rings. The molecule has 166 valence electrons. The minimum Gasteiger partial charge on any atom is -0.491 e. The van der Waals surface area contributed by atoms with Gasteiger partial charge in [-0.1, -0.05) is 0 Å². The molecule has 2 aromatic carbocycles. The number of aliphatic hydroxyl groups is 1. The quantitative estimate of drug-likeness (QED) is 0.490. The summed E-state index contributed by atoms with van der Waals surface area (Å²) in [6, 6.07) is 7.72. The van der Waals surface area contributed by atoms with E-state index in [9.17, 15) is 23.5 Å². The van der Waals surface area contributed by atoms with Crippen molar-refractivity contribution in [2.24, 2.45) is 0 Å². The van der Waals surface area contributed by atoms with Gasteiger partial charge in [-0.3, -0.25) is 9.59 Å². The molecule has 0 aliphatic carbocycles. The highest BCUT2D eigenvalue weighted by molar-refractivity contribution is 5.94. The van der Waals surface area contributed by atoms with Gasteiger partial charge in [0.15, 0.2) is 11.5 Å². The Bertz CT molecular complexity index is 940. The SMILES string of the molecule is O=C(CCCNC(=O)c1ccc(F)cc1F)NCC(O)COc1ccc2c(c1)OCO2. The van der Waals surface area contributed by atoms with Crippen molar-refractivity contribution in [1.82, 2.24) is 10.6 Å². The number of rotatable bonds is 10. The van der Waals surface area contributed by atoms with Gasteiger partial charge in [0, 0.05) is 31.6 Å². The minimum atomic E-state index is -0.952. The largest absolute Gasteiger partial charge is 0.491 e. The zero-order chi connectivity index (χ0) is 22.2. The van der Waals surface area contributed by atoms with Gasteiger partial charge < -0.3 is 30.0 Å². The lowest BCUT2D eigenvalue weighted by molar-refractivity contribution is -0.121. The summed E-state index contributed by atoms with van der Waals surface area (Å²) < 4.78 is 42.3. The predicted octanol–water partition coefficient (Wildman–Crippen LogP) is 1.76. The maximum atomic E-state index is 13.5. The second kappa shape index (κ2) is 10.6. The molecule has 0 aromatic heterocycles. The minimum absolute atomic E-state index is 0.00344. The molecule has 1 unspecified atom stereocenters. The molecular weight excluding hydrogens is 414 g/mol. The van der Waals surface area contributed by atoms with E-state index < -0.39 is 23.6 Å². The zero-order valence-electron chi connectivity index (χ0n) is 16.5. The van der Waals surface area contributed by atoms with E-state index in [0.29, 0.717) is 29.7 Å². The number of hydrogen-bond donors (Lipinski definition) is 3. The topological polar surface area (TPSA) is 106 Å². The summed E-state index contributed by atoms with van der Waals surface area (Å²) in [5.41, 5.74) is -0.267. The number of carbonyl (C=O) groups excluding carboxylic acids is 2. The van der Waals surface area contributed by atoms with Gasteiger partial charge >= 0.3 is 0 Å². The number of nitrogens with one attached hydrogen (secondary N) is 2. The molecule has 1 heterocycles. The third kappa shape index (κ3) is 6.54. The summed E-state index contributed by atoms with van der Waals surface area (Å²) in [7, 11) is 0. The van der Waals surface area contributed by atoms with Crippen molar-refractivity contribution in [3.63, 3.8) is 0 Å². The van der Waals surface area contributed by atoms with Crippen LogP contribution >= 0.6 is 0 Å². The molecule has 0 bridgehead atoms. The van der Waals surface area contributed by atoms with Crippen molar-refractivity contribution in [2.75, 3.05) is 26.5 Å². The lowest BCUT2D eigenvalue weighted by atomic mass is 10.2. The van der Waals surface area contributed by atoms with E-state index in [4.69, 9.17) is 14.2 Å². The molecule has 0 radical (unpaired) electrons. The van der Waals surface area contributed by atoms with E-state index in [1.165, 1.54) is 0 Å². The van der Waals surface area contributed by atoms with Crippen LogP contribution in [0, 0.1) is 11.6 Å². The van der Waals surface area contributed by atoms with E-state index in [-0.39, 0.29) is 44.4 Å². The molecule has 0 fully saturated rings. The van der Waals surface area contributed by atoms with Gasteiger partial charge in [-0.2, -0.15) is 0 Å². The number of amides is 2. The molecule has 0 saturated heterocycles. The van der Waals surface area contributed by atoms with Crippen molar-refractivity contribution in [2.45, 2.75) is 18.9 Å². The van der Waals surface area contributed by atoms with Crippen molar-refractivity contribution in [3.8, 4) is 17.2 Å². The normalized spacial score (nSPS) is 12.9. The van der Waals surface area contributed by atoms with Gasteiger partial charge in [-0.15, -0.1) is 0 Å². The van der Waals surface area contributed by atoms with E-state index in [0.717, 1.165) is 12.1 Å². The average Bonchev–Trinajstić information content (AvgIpc) is 3.21. The Labute approximate surface area is 177 Å². The monoisotopic (exact) mass is 436 g/mol. The zero-order valence-corrected chi connectivity index (χ0v) is 16.5. The first-order valence-corrected chi connectivity index (χ1v) is 9.63. The first-order chi connectivity index (χ1) is 14.9. The lowest BCUT2D eigenvalue weighted by Crippen LogP contribution is -2.35. The number of carbonyl (C=O) groups is 2. The Balaban J connectivity index is 1.28. The fourth-order valence-electron chi connectivity index (χ4n) is 2.76. The van der Waals surface area contributed by atoms with Crippen LogP contribution in [0.5, 0.6) is 17.2 Å². The Hall–Kier alpha value is -3.40. The molecule has 2 aromatic rings. The molecule has 0 saturated carbocycles. The summed E-state index contributed by atoms with van der Waals surface area (Å²) in [5, 5.41) is 15.0. The molecular formula is C21H22F2N2O6. The van der Waals surface area contributed by atoms with Crippen molar-refractivity contribution >= 4 is 11.8 Å². The third-order valence-corrected chi connectivity index (χ3v) is 4.36. The second-order valence-electron chi connectivity index (χ2n) is 6.77. The van der Waals surface area contributed by atoms with E-state index in [1.54, 1.807) is 18.2 Å². The van der Waals surface area contributed by atoms with Crippen LogP contribution in [0.1, 0.15) is 23.2 Å². The highest BCUT2D eigenvalue weighted by Crippen LogP contribution is 2.35. The molecule has 2 amide bonds. The summed E-state index contributed by atoms with van der Waals surface area (Å²) in [6.45, 7) is 0.259. The van der Waals surface area contributed by atoms with Crippen LogP contribution in [-0.4, -0.2) is 49.5 Å². The molecule has 10 heteroatoms. The summed E-state index contributed by atoms with van der Waals surface area (Å²) in [4.78, 5) is 23.7. The van der Waals surface area contributed by atoms with Gasteiger partial charge in [0.2, 0.25) is 12.7 Å². The second-order valence-corrected chi connectivity index (χ2v) is 6.77. The summed E-state index contributed by atoms with van der Waals surface area (Å²) in [6.07, 6.45) is -0.512. The first-order valence-electron chi connectivity index (χ1n) is 9.63. The smallest absolute Gasteiger partial charge is 0.254 e. The number of halogens is 2. The molecule has 3 N–H and O–H groups in total. The fraction of sp³-hybridized carbons (Fsp3) is 0.333. The number of ether oxygens (including phenoxy) is 3. The first kappa shape index (κ1) is 22.3. The summed E-state index contributed by atoms with van der Waals surface area (Å²) in [5.74, 6) is -1.03. The van der Waals surface area contributed by atoms with E-state index in [1.807, 2.05) is 0 Å². The highest BCUT2D eigenvalue weighted by Gasteiger charge is 2.15. The van der Waals surface area contributed by atoms with Crippen molar-refractivity contribution in [3.05, 3.63) is 53.6 Å². The van der Waals surface area contributed by atoms with Gasteiger partial charge in [-0.05, 0) is 30.7 Å². The number of hydrogen-bond acceptors (Lipinski definition) is 6. The Morgan fingerprint density at radius 1 is 1.10 bits per heavy atom. The highest BCUT2D eigenvalue weighted by atomic mass is 19.1. The number of benzene rings is 2. The predicted molar refractivity (Wildman–Crippen MR) is 105 cm³/mol. The molecule has 8 nitrogen and oxygen atoms in total. The van der Waals surface area contributed by atoms with E-state index >= 15 is 0 Å². The number of fused-ring (bicyclic) bond motifs is 1. The lowest BCUT2D eigenvalue weighted by Gasteiger charge is -2.13. The van der Waals surface area contributed by atoms with Gasteiger partial charge in [0.1, 0.15) is 30.1 Å². The third-order valence-electron chi connectivity index (χ3n) is 4.36. The standard InChI is InChI=1S/C21H22F2N2O6/c22-13-3-5-16(17(23)8-13)21(28)24-7-1-2-20(27)25-10-14(26)11-29-15-4-6-18-19(9-15)31-12-30-18/h3-6,8-9,14,26H,1-2,7,10-12H2,(H,24,28)(H,25,27). The van der Waals surface area contributed by atoms with Crippen LogP contribution in [0.3, 0.4) is 0 Å².